The van der Waals surface area contributed by atoms with E-state index >= 15 is 0 Å². The van der Waals surface area contributed by atoms with Crippen molar-refractivity contribution in [3.8, 4) is 0 Å². The summed E-state index contributed by atoms with van der Waals surface area (Å²) in [7, 11) is 2.01. The normalized spacial score (nSPS) is 20.5. The summed E-state index contributed by atoms with van der Waals surface area (Å²) in [5.41, 5.74) is 5.31. The molecule has 1 unspecified atom stereocenters. The van der Waals surface area contributed by atoms with Gasteiger partial charge in [0.25, 0.3) is 0 Å². The van der Waals surface area contributed by atoms with E-state index in [0.717, 1.165) is 37.2 Å². The fourth-order valence-corrected chi connectivity index (χ4v) is 2.91. The molecule has 0 aliphatic heterocycles. The number of aryl methyl sites for hydroxylation is 1. The molecule has 0 saturated heterocycles. The first-order chi connectivity index (χ1) is 8.54. The number of furan rings is 1. The van der Waals surface area contributed by atoms with Crippen molar-refractivity contribution in [2.45, 2.75) is 44.2 Å². The van der Waals surface area contributed by atoms with E-state index < -0.39 is 5.60 Å². The monoisotopic (exact) mass is 252 g/mol. The van der Waals surface area contributed by atoms with Gasteiger partial charge in [-0.2, -0.15) is 0 Å². The van der Waals surface area contributed by atoms with Crippen molar-refractivity contribution in [1.82, 2.24) is 4.90 Å². The molecule has 1 fully saturated rings. The Morgan fingerprint density at radius 3 is 2.61 bits per heavy atom. The van der Waals surface area contributed by atoms with Gasteiger partial charge in [0.05, 0.1) is 11.6 Å². The predicted octanol–water partition coefficient (Wildman–Crippen LogP) is 1.82. The number of hydrogen-bond donors (Lipinski definition) is 2. The molecule has 0 radical (unpaired) electrons. The zero-order valence-electron chi connectivity index (χ0n) is 11.4. The van der Waals surface area contributed by atoms with E-state index in [1.807, 2.05) is 26.1 Å². The molecule has 18 heavy (non-hydrogen) atoms. The third-order valence-corrected chi connectivity index (χ3v) is 3.92. The van der Waals surface area contributed by atoms with Crippen LogP contribution in [0.15, 0.2) is 16.5 Å². The molecule has 0 spiro atoms. The van der Waals surface area contributed by atoms with Crippen LogP contribution in [0.1, 0.15) is 43.2 Å². The van der Waals surface area contributed by atoms with E-state index in [1.165, 1.54) is 0 Å². The van der Waals surface area contributed by atoms with Crippen molar-refractivity contribution in [2.24, 2.45) is 5.73 Å². The lowest BCUT2D eigenvalue weighted by Gasteiger charge is -2.32. The Kier molecular flexibility index (Phi) is 4.10. The first-order valence-corrected chi connectivity index (χ1v) is 6.73. The number of nitrogens with two attached hydrogens (primary N) is 1. The second-order valence-corrected chi connectivity index (χ2v) is 5.55. The summed E-state index contributed by atoms with van der Waals surface area (Å²) in [5.74, 6) is 1.79. The van der Waals surface area contributed by atoms with Crippen LogP contribution in [0.4, 0.5) is 0 Å². The van der Waals surface area contributed by atoms with Gasteiger partial charge in [0, 0.05) is 13.1 Å². The van der Waals surface area contributed by atoms with Crippen LogP contribution in [-0.2, 0) is 0 Å². The quantitative estimate of drug-likeness (QED) is 0.839. The zero-order chi connectivity index (χ0) is 13.2. The first kappa shape index (κ1) is 13.6. The van der Waals surface area contributed by atoms with E-state index in [4.69, 9.17) is 10.2 Å². The Bertz CT molecular complexity index is 383. The average Bonchev–Trinajstić information content (AvgIpc) is 2.89. The summed E-state index contributed by atoms with van der Waals surface area (Å²) in [6.07, 6.45) is 4.03. The Morgan fingerprint density at radius 1 is 1.44 bits per heavy atom. The van der Waals surface area contributed by atoms with Gasteiger partial charge in [-0.3, -0.25) is 4.90 Å². The van der Waals surface area contributed by atoms with Crippen molar-refractivity contribution < 1.29 is 9.52 Å². The van der Waals surface area contributed by atoms with Gasteiger partial charge in [0.1, 0.15) is 11.5 Å². The number of likely N-dealkylation sites (N-methyl/N-ethyl adjacent to an activating group) is 1. The van der Waals surface area contributed by atoms with Crippen molar-refractivity contribution in [1.29, 1.82) is 0 Å². The minimum atomic E-state index is -0.538. The van der Waals surface area contributed by atoms with Gasteiger partial charge in [0.15, 0.2) is 0 Å². The van der Waals surface area contributed by atoms with Gasteiger partial charge >= 0.3 is 0 Å². The molecule has 102 valence electrons. The topological polar surface area (TPSA) is 62.6 Å². The fraction of sp³-hybridized carbons (Fsp3) is 0.714. The maximum atomic E-state index is 10.4. The zero-order valence-corrected chi connectivity index (χ0v) is 11.4. The van der Waals surface area contributed by atoms with Crippen molar-refractivity contribution in [3.05, 3.63) is 23.7 Å². The Hall–Kier alpha value is -0.840. The minimum absolute atomic E-state index is 0.0447. The molecule has 0 bridgehead atoms. The SMILES string of the molecule is Cc1ccc(C(CN)N(C)CC2(O)CCCC2)o1. The molecule has 1 heterocycles. The van der Waals surface area contributed by atoms with Crippen LogP contribution in [0.25, 0.3) is 0 Å². The molecule has 1 aliphatic rings. The smallest absolute Gasteiger partial charge is 0.122 e. The highest BCUT2D eigenvalue weighted by molar-refractivity contribution is 5.10. The molecule has 1 aliphatic carbocycles. The molecule has 1 atom stereocenters. The molecule has 1 aromatic rings. The van der Waals surface area contributed by atoms with Crippen LogP contribution >= 0.6 is 0 Å². The van der Waals surface area contributed by atoms with Crippen molar-refractivity contribution in [3.63, 3.8) is 0 Å². The van der Waals surface area contributed by atoms with E-state index in [-0.39, 0.29) is 6.04 Å². The largest absolute Gasteiger partial charge is 0.465 e. The van der Waals surface area contributed by atoms with E-state index in [0.29, 0.717) is 13.1 Å². The highest BCUT2D eigenvalue weighted by atomic mass is 16.3. The lowest BCUT2D eigenvalue weighted by molar-refractivity contribution is 0.00356. The molecule has 1 aromatic heterocycles. The molecular formula is C14H24N2O2. The Balaban J connectivity index is 2.03. The van der Waals surface area contributed by atoms with Crippen LogP contribution in [0.5, 0.6) is 0 Å². The molecule has 4 nitrogen and oxygen atoms in total. The van der Waals surface area contributed by atoms with Gasteiger partial charge in [-0.1, -0.05) is 12.8 Å². The second-order valence-electron chi connectivity index (χ2n) is 5.55. The van der Waals surface area contributed by atoms with E-state index in [2.05, 4.69) is 4.90 Å². The maximum Gasteiger partial charge on any atom is 0.122 e. The summed E-state index contributed by atoms with van der Waals surface area (Å²) in [5, 5.41) is 10.4. The van der Waals surface area contributed by atoms with Crippen LogP contribution in [0.3, 0.4) is 0 Å². The van der Waals surface area contributed by atoms with E-state index in [9.17, 15) is 5.11 Å². The maximum absolute atomic E-state index is 10.4. The molecular weight excluding hydrogens is 228 g/mol. The number of hydrogen-bond acceptors (Lipinski definition) is 4. The standard InChI is InChI=1S/C14H24N2O2/c1-11-5-6-13(18-11)12(9-15)16(2)10-14(17)7-3-4-8-14/h5-6,12,17H,3-4,7-10,15H2,1-2H3. The third kappa shape index (κ3) is 2.94. The van der Waals surface area contributed by atoms with Crippen LogP contribution in [0.2, 0.25) is 0 Å². The lowest BCUT2D eigenvalue weighted by Crippen LogP contribution is -2.42. The number of aliphatic hydroxyl groups is 1. The Morgan fingerprint density at radius 2 is 2.11 bits per heavy atom. The highest BCUT2D eigenvalue weighted by Crippen LogP contribution is 2.32. The van der Waals surface area contributed by atoms with Gasteiger partial charge in [-0.05, 0) is 38.9 Å². The van der Waals surface area contributed by atoms with E-state index in [1.54, 1.807) is 0 Å². The summed E-state index contributed by atoms with van der Waals surface area (Å²) < 4.78 is 5.65. The summed E-state index contributed by atoms with van der Waals surface area (Å²) in [4.78, 5) is 2.11. The summed E-state index contributed by atoms with van der Waals surface area (Å²) >= 11 is 0. The van der Waals surface area contributed by atoms with Gasteiger partial charge in [-0.15, -0.1) is 0 Å². The van der Waals surface area contributed by atoms with Crippen LogP contribution in [-0.4, -0.2) is 35.7 Å². The number of nitrogens with zero attached hydrogens (tertiary/aromatic N) is 1. The van der Waals surface area contributed by atoms with Crippen molar-refractivity contribution >= 4 is 0 Å². The lowest BCUT2D eigenvalue weighted by atomic mass is 10.0. The molecule has 2 rings (SSSR count). The highest BCUT2D eigenvalue weighted by Gasteiger charge is 2.34. The molecule has 4 heteroatoms. The van der Waals surface area contributed by atoms with Gasteiger partial charge < -0.3 is 15.3 Å². The fourth-order valence-electron chi connectivity index (χ4n) is 2.91. The van der Waals surface area contributed by atoms with Gasteiger partial charge in [-0.25, -0.2) is 0 Å². The number of rotatable bonds is 5. The van der Waals surface area contributed by atoms with Crippen LogP contribution in [0, 0.1) is 6.92 Å². The predicted molar refractivity (Wildman–Crippen MR) is 71.3 cm³/mol. The average molecular weight is 252 g/mol. The van der Waals surface area contributed by atoms with Crippen molar-refractivity contribution in [2.75, 3.05) is 20.1 Å². The Labute approximate surface area is 109 Å². The summed E-state index contributed by atoms with van der Waals surface area (Å²) in [6.45, 7) is 3.09. The molecule has 1 saturated carbocycles. The third-order valence-electron chi connectivity index (χ3n) is 3.92. The summed E-state index contributed by atoms with van der Waals surface area (Å²) in [6, 6.07) is 3.97. The molecule has 0 amide bonds. The molecule has 0 aromatic carbocycles. The second kappa shape index (κ2) is 5.43. The molecule has 3 N–H and O–H groups in total. The minimum Gasteiger partial charge on any atom is -0.465 e. The van der Waals surface area contributed by atoms with Crippen LogP contribution < -0.4 is 5.73 Å². The first-order valence-electron chi connectivity index (χ1n) is 6.73. The van der Waals surface area contributed by atoms with Gasteiger partial charge in [0.2, 0.25) is 0 Å².